The van der Waals surface area contributed by atoms with Crippen molar-refractivity contribution in [3.8, 4) is 5.75 Å². The fraction of sp³-hybridized carbons (Fsp3) is 0.143. The molecule has 0 atom stereocenters. The Hall–Kier alpha value is -2.01. The van der Waals surface area contributed by atoms with Gasteiger partial charge < -0.3 is 4.74 Å². The minimum atomic E-state index is -0.440. The standard InChI is InChI=1S/C14H13NO3S/c1-18-14-9-12(7-8-13(14)15(16)17)19-10-11-5-3-2-4-6-11/h2-9H,10H2,1H3. The van der Waals surface area contributed by atoms with Crippen LogP contribution in [0.1, 0.15) is 5.56 Å². The Labute approximate surface area is 115 Å². The zero-order valence-corrected chi connectivity index (χ0v) is 11.2. The maximum Gasteiger partial charge on any atom is 0.310 e. The molecule has 0 fully saturated rings. The second kappa shape index (κ2) is 6.24. The van der Waals surface area contributed by atoms with Crippen LogP contribution in [0.2, 0.25) is 0 Å². The third-order valence-electron chi connectivity index (χ3n) is 2.60. The first-order chi connectivity index (χ1) is 9.20. The van der Waals surface area contributed by atoms with Gasteiger partial charge in [-0.05, 0) is 11.6 Å². The minimum Gasteiger partial charge on any atom is -0.490 e. The van der Waals surface area contributed by atoms with Gasteiger partial charge in [0.2, 0.25) is 0 Å². The van der Waals surface area contributed by atoms with Crippen LogP contribution in [0.25, 0.3) is 0 Å². The van der Waals surface area contributed by atoms with Crippen molar-refractivity contribution in [2.45, 2.75) is 10.6 Å². The Morgan fingerprint density at radius 3 is 2.58 bits per heavy atom. The molecular weight excluding hydrogens is 262 g/mol. The maximum atomic E-state index is 10.8. The molecule has 5 heteroatoms. The van der Waals surface area contributed by atoms with E-state index in [1.807, 2.05) is 18.2 Å². The third kappa shape index (κ3) is 3.48. The van der Waals surface area contributed by atoms with Crippen LogP contribution in [-0.2, 0) is 5.75 Å². The van der Waals surface area contributed by atoms with Crippen molar-refractivity contribution in [3.63, 3.8) is 0 Å². The summed E-state index contributed by atoms with van der Waals surface area (Å²) in [6.45, 7) is 0. The Kier molecular flexibility index (Phi) is 4.41. The first-order valence-electron chi connectivity index (χ1n) is 5.70. The highest BCUT2D eigenvalue weighted by atomic mass is 32.2. The van der Waals surface area contributed by atoms with Crippen LogP contribution in [0.4, 0.5) is 5.69 Å². The molecule has 4 nitrogen and oxygen atoms in total. The first kappa shape index (κ1) is 13.4. The van der Waals surface area contributed by atoms with Crippen molar-refractivity contribution >= 4 is 17.4 Å². The molecule has 0 radical (unpaired) electrons. The van der Waals surface area contributed by atoms with Crippen molar-refractivity contribution in [2.24, 2.45) is 0 Å². The van der Waals surface area contributed by atoms with Crippen molar-refractivity contribution in [2.75, 3.05) is 7.11 Å². The van der Waals surface area contributed by atoms with E-state index in [2.05, 4.69) is 12.1 Å². The summed E-state index contributed by atoms with van der Waals surface area (Å²) >= 11 is 1.62. The van der Waals surface area contributed by atoms with Crippen LogP contribution in [0.5, 0.6) is 5.75 Å². The van der Waals surface area contributed by atoms with Gasteiger partial charge in [0.25, 0.3) is 0 Å². The quantitative estimate of drug-likeness (QED) is 0.472. The Balaban J connectivity index is 2.11. The molecule has 0 saturated heterocycles. The van der Waals surface area contributed by atoms with E-state index in [9.17, 15) is 10.1 Å². The summed E-state index contributed by atoms with van der Waals surface area (Å²) in [4.78, 5) is 11.3. The number of hydrogen-bond acceptors (Lipinski definition) is 4. The van der Waals surface area contributed by atoms with Crippen LogP contribution in [0.3, 0.4) is 0 Å². The van der Waals surface area contributed by atoms with Gasteiger partial charge in [0.1, 0.15) is 0 Å². The molecule has 2 aromatic rings. The lowest BCUT2D eigenvalue weighted by molar-refractivity contribution is -0.385. The highest BCUT2D eigenvalue weighted by Crippen LogP contribution is 2.32. The monoisotopic (exact) mass is 275 g/mol. The van der Waals surface area contributed by atoms with Gasteiger partial charge in [-0.3, -0.25) is 10.1 Å². The van der Waals surface area contributed by atoms with Crippen molar-refractivity contribution in [3.05, 3.63) is 64.2 Å². The van der Waals surface area contributed by atoms with Crippen LogP contribution in [0, 0.1) is 10.1 Å². The smallest absolute Gasteiger partial charge is 0.310 e. The summed E-state index contributed by atoms with van der Waals surface area (Å²) in [5.74, 6) is 1.12. The molecular formula is C14H13NO3S. The predicted molar refractivity (Wildman–Crippen MR) is 75.7 cm³/mol. The number of benzene rings is 2. The minimum absolute atomic E-state index is 0.00781. The molecule has 0 saturated carbocycles. The third-order valence-corrected chi connectivity index (χ3v) is 3.66. The Morgan fingerprint density at radius 1 is 1.21 bits per heavy atom. The number of ether oxygens (including phenoxy) is 1. The topological polar surface area (TPSA) is 52.4 Å². The van der Waals surface area contributed by atoms with Crippen molar-refractivity contribution in [1.82, 2.24) is 0 Å². The second-order valence-electron chi connectivity index (χ2n) is 3.87. The molecule has 0 amide bonds. The molecule has 2 aromatic carbocycles. The van der Waals surface area contributed by atoms with Crippen molar-refractivity contribution in [1.29, 1.82) is 0 Å². The summed E-state index contributed by atoms with van der Waals surface area (Å²) in [6.07, 6.45) is 0. The predicted octanol–water partition coefficient (Wildman–Crippen LogP) is 3.90. The van der Waals surface area contributed by atoms with E-state index in [0.717, 1.165) is 10.6 Å². The van der Waals surface area contributed by atoms with Gasteiger partial charge in [-0.2, -0.15) is 0 Å². The lowest BCUT2D eigenvalue weighted by Gasteiger charge is -2.05. The number of rotatable bonds is 5. The number of nitro groups is 1. The Morgan fingerprint density at radius 2 is 1.95 bits per heavy atom. The number of hydrogen-bond donors (Lipinski definition) is 0. The fourth-order valence-corrected chi connectivity index (χ4v) is 2.52. The SMILES string of the molecule is COc1cc(SCc2ccccc2)ccc1[N+](=O)[O-]. The van der Waals surface area contributed by atoms with Gasteiger partial charge >= 0.3 is 5.69 Å². The molecule has 19 heavy (non-hydrogen) atoms. The molecule has 0 spiro atoms. The number of methoxy groups -OCH3 is 1. The van der Waals surface area contributed by atoms with Gasteiger partial charge in [-0.15, -0.1) is 11.8 Å². The van der Waals surface area contributed by atoms with Crippen LogP contribution < -0.4 is 4.74 Å². The summed E-state index contributed by atoms with van der Waals surface area (Å²) in [5, 5.41) is 10.8. The van der Waals surface area contributed by atoms with E-state index in [1.165, 1.54) is 18.7 Å². The molecule has 0 N–H and O–H groups in total. The van der Waals surface area contributed by atoms with Gasteiger partial charge in [-0.1, -0.05) is 30.3 Å². The highest BCUT2D eigenvalue weighted by molar-refractivity contribution is 7.98. The van der Waals surface area contributed by atoms with E-state index in [-0.39, 0.29) is 5.69 Å². The van der Waals surface area contributed by atoms with Crippen molar-refractivity contribution < 1.29 is 9.66 Å². The molecule has 2 rings (SSSR count). The van der Waals surface area contributed by atoms with E-state index < -0.39 is 4.92 Å². The molecule has 0 aliphatic rings. The average Bonchev–Trinajstić information content (AvgIpc) is 2.45. The van der Waals surface area contributed by atoms with Crippen LogP contribution in [0.15, 0.2) is 53.4 Å². The fourth-order valence-electron chi connectivity index (χ4n) is 1.64. The first-order valence-corrected chi connectivity index (χ1v) is 6.68. The molecule has 0 aromatic heterocycles. The number of thioether (sulfide) groups is 1. The van der Waals surface area contributed by atoms with Gasteiger partial charge in [0.05, 0.1) is 12.0 Å². The number of nitro benzene ring substituents is 1. The normalized spacial score (nSPS) is 10.2. The lowest BCUT2D eigenvalue weighted by atomic mass is 10.2. The van der Waals surface area contributed by atoms with Gasteiger partial charge in [0, 0.05) is 22.8 Å². The lowest BCUT2D eigenvalue weighted by Crippen LogP contribution is -1.93. The molecule has 0 unspecified atom stereocenters. The van der Waals surface area contributed by atoms with E-state index in [4.69, 9.17) is 4.74 Å². The van der Waals surface area contributed by atoms with E-state index in [0.29, 0.717) is 5.75 Å². The zero-order valence-electron chi connectivity index (χ0n) is 10.4. The van der Waals surface area contributed by atoms with Gasteiger partial charge in [0.15, 0.2) is 5.75 Å². The highest BCUT2D eigenvalue weighted by Gasteiger charge is 2.14. The average molecular weight is 275 g/mol. The molecule has 0 aliphatic heterocycles. The molecule has 98 valence electrons. The van der Waals surface area contributed by atoms with Gasteiger partial charge in [-0.25, -0.2) is 0 Å². The van der Waals surface area contributed by atoms with Crippen LogP contribution >= 0.6 is 11.8 Å². The largest absolute Gasteiger partial charge is 0.490 e. The van der Waals surface area contributed by atoms with Crippen LogP contribution in [-0.4, -0.2) is 12.0 Å². The number of nitrogens with zero attached hydrogens (tertiary/aromatic N) is 1. The Bertz CT molecular complexity index is 572. The summed E-state index contributed by atoms with van der Waals surface area (Å²) < 4.78 is 5.04. The summed E-state index contributed by atoms with van der Waals surface area (Å²) in [7, 11) is 1.44. The maximum absolute atomic E-state index is 10.8. The second-order valence-corrected chi connectivity index (χ2v) is 4.91. The molecule has 0 aliphatic carbocycles. The molecule has 0 heterocycles. The van der Waals surface area contributed by atoms with E-state index >= 15 is 0 Å². The summed E-state index contributed by atoms with van der Waals surface area (Å²) in [6, 6.07) is 15.0. The molecule has 0 bridgehead atoms. The van der Waals surface area contributed by atoms with E-state index in [1.54, 1.807) is 23.9 Å². The zero-order chi connectivity index (χ0) is 13.7. The summed E-state index contributed by atoms with van der Waals surface area (Å²) in [5.41, 5.74) is 1.20.